The second-order valence-corrected chi connectivity index (χ2v) is 6.24. The SMILES string of the molecule is CC(C)N(C)C.CC(C)N1CCOCC1.CNC(C)C. The standard InChI is InChI=1S/C7H15NO.C5H13N.C4H11N/c1-7(2)8-3-5-9-6-4-8;1-5(2)6(3)4;1-4(2)5-3/h7H,3-6H2,1-2H3;5H,1-4H3;4-5H,1-3H3. The first-order valence-electron chi connectivity index (χ1n) is 7.87. The Labute approximate surface area is 127 Å². The number of nitrogens with one attached hydrogen (secondary N) is 1. The smallest absolute Gasteiger partial charge is 0.0594 e. The van der Waals surface area contributed by atoms with E-state index in [0.29, 0.717) is 18.1 Å². The Hall–Kier alpha value is -0.160. The molecule has 4 heteroatoms. The van der Waals surface area contributed by atoms with Crippen molar-refractivity contribution in [3.63, 3.8) is 0 Å². The number of rotatable bonds is 3. The highest BCUT2D eigenvalue weighted by molar-refractivity contribution is 4.64. The Kier molecular flexibility index (Phi) is 15.3. The van der Waals surface area contributed by atoms with Crippen LogP contribution in [0.2, 0.25) is 0 Å². The summed E-state index contributed by atoms with van der Waals surface area (Å²) in [6, 6.07) is 2.01. The van der Waals surface area contributed by atoms with E-state index in [2.05, 4.69) is 70.8 Å². The van der Waals surface area contributed by atoms with Crippen LogP contribution in [0.3, 0.4) is 0 Å². The molecule has 0 aromatic heterocycles. The number of morpholine rings is 1. The van der Waals surface area contributed by atoms with Gasteiger partial charge in [0.15, 0.2) is 0 Å². The van der Waals surface area contributed by atoms with Crippen molar-refractivity contribution >= 4 is 0 Å². The lowest BCUT2D eigenvalue weighted by atomic mass is 10.3. The Bertz CT molecular complexity index is 182. The molecule has 1 rings (SSSR count). The first-order chi connectivity index (χ1) is 9.22. The van der Waals surface area contributed by atoms with Crippen molar-refractivity contribution in [2.75, 3.05) is 47.4 Å². The van der Waals surface area contributed by atoms with E-state index in [1.807, 2.05) is 7.05 Å². The van der Waals surface area contributed by atoms with Crippen LogP contribution in [0.5, 0.6) is 0 Å². The highest BCUT2D eigenvalue weighted by Crippen LogP contribution is 2.01. The second kappa shape index (κ2) is 13.8. The normalized spacial score (nSPS) is 16.1. The summed E-state index contributed by atoms with van der Waals surface area (Å²) >= 11 is 0. The molecule has 0 bridgehead atoms. The minimum absolute atomic E-state index is 0.634. The lowest BCUT2D eigenvalue weighted by molar-refractivity contribution is 0.0238. The van der Waals surface area contributed by atoms with Crippen molar-refractivity contribution < 1.29 is 4.74 Å². The van der Waals surface area contributed by atoms with Gasteiger partial charge in [0.2, 0.25) is 0 Å². The van der Waals surface area contributed by atoms with E-state index in [0.717, 1.165) is 26.3 Å². The fraction of sp³-hybridized carbons (Fsp3) is 1.00. The van der Waals surface area contributed by atoms with E-state index >= 15 is 0 Å². The van der Waals surface area contributed by atoms with Gasteiger partial charge in [0.1, 0.15) is 0 Å². The van der Waals surface area contributed by atoms with Crippen LogP contribution in [0.15, 0.2) is 0 Å². The summed E-state index contributed by atoms with van der Waals surface area (Å²) in [7, 11) is 6.10. The summed E-state index contributed by atoms with van der Waals surface area (Å²) in [5.74, 6) is 0. The highest BCUT2D eigenvalue weighted by Gasteiger charge is 2.11. The molecule has 0 saturated carbocycles. The molecule has 1 fully saturated rings. The fourth-order valence-electron chi connectivity index (χ4n) is 1.09. The van der Waals surface area contributed by atoms with Gasteiger partial charge in [-0.15, -0.1) is 0 Å². The molecule has 0 aliphatic carbocycles. The molecule has 1 heterocycles. The summed E-state index contributed by atoms with van der Waals surface area (Å²) < 4.78 is 5.21. The predicted molar refractivity (Wildman–Crippen MR) is 90.5 cm³/mol. The molecule has 0 spiro atoms. The summed E-state index contributed by atoms with van der Waals surface area (Å²) in [5, 5.41) is 3.03. The molecule has 0 unspecified atom stereocenters. The average molecular weight is 290 g/mol. The third kappa shape index (κ3) is 15.9. The molecule has 1 aliphatic rings. The summed E-state index contributed by atoms with van der Waals surface area (Å²) in [4.78, 5) is 4.60. The van der Waals surface area contributed by atoms with Crippen molar-refractivity contribution in [1.82, 2.24) is 15.1 Å². The number of ether oxygens (including phenoxy) is 1. The Morgan fingerprint density at radius 1 is 0.950 bits per heavy atom. The maximum atomic E-state index is 5.21. The molecule has 4 nitrogen and oxygen atoms in total. The largest absolute Gasteiger partial charge is 0.379 e. The highest BCUT2D eigenvalue weighted by atomic mass is 16.5. The number of hydrogen-bond acceptors (Lipinski definition) is 4. The Balaban J connectivity index is 0. The maximum Gasteiger partial charge on any atom is 0.0594 e. The van der Waals surface area contributed by atoms with Crippen molar-refractivity contribution in [2.45, 2.75) is 59.7 Å². The zero-order valence-corrected chi connectivity index (χ0v) is 15.4. The van der Waals surface area contributed by atoms with Gasteiger partial charge < -0.3 is 15.0 Å². The predicted octanol–water partition coefficient (Wildman–Crippen LogP) is 2.30. The zero-order chi connectivity index (χ0) is 16.1. The minimum Gasteiger partial charge on any atom is -0.379 e. The molecule has 1 N–H and O–H groups in total. The van der Waals surface area contributed by atoms with Gasteiger partial charge in [-0.3, -0.25) is 4.90 Å². The van der Waals surface area contributed by atoms with Gasteiger partial charge in [0.05, 0.1) is 13.2 Å². The Morgan fingerprint density at radius 2 is 1.30 bits per heavy atom. The second-order valence-electron chi connectivity index (χ2n) is 6.24. The van der Waals surface area contributed by atoms with Crippen LogP contribution in [0.4, 0.5) is 0 Å². The van der Waals surface area contributed by atoms with E-state index in [-0.39, 0.29) is 0 Å². The molecule has 1 saturated heterocycles. The first kappa shape index (κ1) is 22.1. The lowest BCUT2D eigenvalue weighted by Crippen LogP contribution is -2.40. The molecule has 20 heavy (non-hydrogen) atoms. The van der Waals surface area contributed by atoms with Crippen LogP contribution in [-0.2, 0) is 4.74 Å². The van der Waals surface area contributed by atoms with Crippen LogP contribution in [0.25, 0.3) is 0 Å². The zero-order valence-electron chi connectivity index (χ0n) is 15.4. The van der Waals surface area contributed by atoms with Crippen LogP contribution in [0, 0.1) is 0 Å². The number of nitrogens with zero attached hydrogens (tertiary/aromatic N) is 2. The third-order valence-corrected chi connectivity index (χ3v) is 3.39. The lowest BCUT2D eigenvalue weighted by Gasteiger charge is -2.29. The van der Waals surface area contributed by atoms with Crippen molar-refractivity contribution in [2.24, 2.45) is 0 Å². The van der Waals surface area contributed by atoms with Gasteiger partial charge in [-0.25, -0.2) is 0 Å². The summed E-state index contributed by atoms with van der Waals surface area (Å²) in [6.07, 6.45) is 0. The van der Waals surface area contributed by atoms with E-state index < -0.39 is 0 Å². The van der Waals surface area contributed by atoms with Gasteiger partial charge in [0.25, 0.3) is 0 Å². The van der Waals surface area contributed by atoms with Crippen molar-refractivity contribution in [1.29, 1.82) is 0 Å². The van der Waals surface area contributed by atoms with Gasteiger partial charge in [0, 0.05) is 31.2 Å². The van der Waals surface area contributed by atoms with E-state index in [9.17, 15) is 0 Å². The maximum absolute atomic E-state index is 5.21. The molecule has 0 amide bonds. The molecular weight excluding hydrogens is 250 g/mol. The molecule has 0 aromatic rings. The molecule has 0 atom stereocenters. The monoisotopic (exact) mass is 289 g/mol. The third-order valence-electron chi connectivity index (χ3n) is 3.39. The van der Waals surface area contributed by atoms with Gasteiger partial charge in [-0.05, 0) is 48.8 Å². The van der Waals surface area contributed by atoms with Crippen LogP contribution >= 0.6 is 0 Å². The molecular formula is C16H39N3O. The quantitative estimate of drug-likeness (QED) is 0.863. The number of hydrogen-bond donors (Lipinski definition) is 1. The van der Waals surface area contributed by atoms with Crippen molar-refractivity contribution in [3.05, 3.63) is 0 Å². The van der Waals surface area contributed by atoms with E-state index in [1.165, 1.54) is 0 Å². The van der Waals surface area contributed by atoms with Crippen LogP contribution < -0.4 is 5.32 Å². The van der Waals surface area contributed by atoms with Gasteiger partial charge >= 0.3 is 0 Å². The minimum atomic E-state index is 0.634. The van der Waals surface area contributed by atoms with Crippen LogP contribution in [-0.4, -0.2) is 75.4 Å². The van der Waals surface area contributed by atoms with Crippen LogP contribution in [0.1, 0.15) is 41.5 Å². The summed E-state index contributed by atoms with van der Waals surface area (Å²) in [5.41, 5.74) is 0. The van der Waals surface area contributed by atoms with Gasteiger partial charge in [-0.1, -0.05) is 13.8 Å². The van der Waals surface area contributed by atoms with E-state index in [4.69, 9.17) is 4.74 Å². The molecule has 0 aromatic carbocycles. The fourth-order valence-corrected chi connectivity index (χ4v) is 1.09. The first-order valence-corrected chi connectivity index (χ1v) is 7.87. The topological polar surface area (TPSA) is 27.7 Å². The van der Waals surface area contributed by atoms with Crippen molar-refractivity contribution in [3.8, 4) is 0 Å². The van der Waals surface area contributed by atoms with Gasteiger partial charge in [-0.2, -0.15) is 0 Å². The van der Waals surface area contributed by atoms with E-state index in [1.54, 1.807) is 0 Å². The molecule has 1 aliphatic heterocycles. The molecule has 124 valence electrons. The Morgan fingerprint density at radius 3 is 1.45 bits per heavy atom. The molecule has 0 radical (unpaired) electrons. The average Bonchev–Trinajstić information content (AvgIpc) is 2.41. The summed E-state index contributed by atoms with van der Waals surface area (Å²) in [6.45, 7) is 17.1.